The number of halogens is 1. The first-order chi connectivity index (χ1) is 5.72. The third-order valence-electron chi connectivity index (χ3n) is 1.80. The molecule has 0 aliphatic rings. The number of rotatable bonds is 6. The van der Waals surface area contributed by atoms with E-state index in [1.165, 1.54) is 0 Å². The van der Waals surface area contributed by atoms with Crippen molar-refractivity contribution in [3.8, 4) is 0 Å². The number of hydrogen-bond donors (Lipinski definition) is 0. The fraction of sp³-hybridized carbons (Fsp3) is 0.889. The minimum absolute atomic E-state index is 0.276. The van der Waals surface area contributed by atoms with Gasteiger partial charge in [-0.1, -0.05) is 29.3 Å². The molecule has 0 aliphatic carbocycles. The van der Waals surface area contributed by atoms with Gasteiger partial charge < -0.3 is 4.90 Å². The Morgan fingerprint density at radius 1 is 1.42 bits per heavy atom. The molecule has 0 unspecified atom stereocenters. The van der Waals surface area contributed by atoms with Gasteiger partial charge in [-0.2, -0.15) is 0 Å². The highest BCUT2D eigenvalue weighted by molar-refractivity contribution is 9.09. The Hall–Kier alpha value is -0.0500. The predicted molar refractivity (Wildman–Crippen MR) is 55.6 cm³/mol. The topological polar surface area (TPSA) is 20.3 Å². The number of alkyl halides is 1. The van der Waals surface area contributed by atoms with Crippen molar-refractivity contribution in [1.82, 2.24) is 4.90 Å². The van der Waals surface area contributed by atoms with Crippen LogP contribution in [-0.2, 0) is 4.79 Å². The van der Waals surface area contributed by atoms with Gasteiger partial charge in [0.15, 0.2) is 0 Å². The molecule has 1 amide bonds. The second-order valence-electron chi connectivity index (χ2n) is 2.96. The number of unbranched alkanes of at least 4 members (excludes halogenated alkanes) is 1. The van der Waals surface area contributed by atoms with E-state index in [9.17, 15) is 4.79 Å². The van der Waals surface area contributed by atoms with Crippen molar-refractivity contribution >= 4 is 21.8 Å². The molecule has 0 spiro atoms. The Labute approximate surface area is 83.4 Å². The fourth-order valence-electron chi connectivity index (χ4n) is 0.940. The minimum Gasteiger partial charge on any atom is -0.346 e. The molecule has 0 N–H and O–H groups in total. The largest absolute Gasteiger partial charge is 0.346 e. The maximum atomic E-state index is 11.3. The van der Waals surface area contributed by atoms with E-state index in [2.05, 4.69) is 22.9 Å². The van der Waals surface area contributed by atoms with Crippen LogP contribution in [0.3, 0.4) is 0 Å². The molecule has 12 heavy (non-hydrogen) atoms. The van der Waals surface area contributed by atoms with Crippen LogP contribution in [-0.4, -0.2) is 29.7 Å². The van der Waals surface area contributed by atoms with Gasteiger partial charge in [-0.3, -0.25) is 4.79 Å². The molecular formula is C9H18BrNO. The molecule has 0 bridgehead atoms. The third-order valence-corrected chi connectivity index (χ3v) is 2.36. The van der Waals surface area contributed by atoms with Gasteiger partial charge in [-0.05, 0) is 12.8 Å². The van der Waals surface area contributed by atoms with Crippen molar-refractivity contribution in [1.29, 1.82) is 0 Å². The third kappa shape index (κ3) is 5.58. The van der Waals surface area contributed by atoms with Crippen molar-refractivity contribution in [2.24, 2.45) is 0 Å². The lowest BCUT2D eigenvalue weighted by molar-refractivity contribution is -0.130. The molecule has 3 heteroatoms. The summed E-state index contributed by atoms with van der Waals surface area (Å²) in [4.78, 5) is 13.1. The van der Waals surface area contributed by atoms with Crippen LogP contribution in [0.2, 0.25) is 0 Å². The highest BCUT2D eigenvalue weighted by Crippen LogP contribution is 2.00. The molecule has 0 aliphatic heterocycles. The van der Waals surface area contributed by atoms with Gasteiger partial charge in [0, 0.05) is 25.3 Å². The summed E-state index contributed by atoms with van der Waals surface area (Å²) in [5.41, 5.74) is 0. The van der Waals surface area contributed by atoms with E-state index >= 15 is 0 Å². The maximum Gasteiger partial charge on any atom is 0.222 e. The fourth-order valence-corrected chi connectivity index (χ4v) is 1.19. The summed E-state index contributed by atoms with van der Waals surface area (Å²) < 4.78 is 0. The normalized spacial score (nSPS) is 9.92. The van der Waals surface area contributed by atoms with Gasteiger partial charge >= 0.3 is 0 Å². The predicted octanol–water partition coefficient (Wildman–Crippen LogP) is 2.42. The summed E-state index contributed by atoms with van der Waals surface area (Å²) in [7, 11) is 1.88. The van der Waals surface area contributed by atoms with Crippen LogP contribution in [0, 0.1) is 0 Å². The van der Waals surface area contributed by atoms with E-state index in [1.807, 2.05) is 11.9 Å². The highest BCUT2D eigenvalue weighted by atomic mass is 79.9. The molecule has 0 aromatic carbocycles. The van der Waals surface area contributed by atoms with Gasteiger partial charge in [0.05, 0.1) is 0 Å². The first-order valence-corrected chi connectivity index (χ1v) is 5.64. The summed E-state index contributed by atoms with van der Waals surface area (Å²) in [6.07, 6.45) is 3.85. The van der Waals surface area contributed by atoms with E-state index in [0.29, 0.717) is 6.42 Å². The van der Waals surface area contributed by atoms with Crippen molar-refractivity contribution in [3.05, 3.63) is 0 Å². The molecule has 0 atom stereocenters. The second-order valence-corrected chi connectivity index (χ2v) is 3.75. The number of hydrogen-bond acceptors (Lipinski definition) is 1. The van der Waals surface area contributed by atoms with Crippen molar-refractivity contribution in [2.75, 3.05) is 18.9 Å². The average molecular weight is 236 g/mol. The van der Waals surface area contributed by atoms with Crippen LogP contribution in [0.4, 0.5) is 0 Å². The lowest BCUT2D eigenvalue weighted by Gasteiger charge is -2.15. The molecule has 0 fully saturated rings. The number of carbonyl (C=O) groups excluding carboxylic acids is 1. The quantitative estimate of drug-likeness (QED) is 0.648. The molecule has 0 heterocycles. The Kier molecular flexibility index (Phi) is 7.56. The smallest absolute Gasteiger partial charge is 0.222 e. The van der Waals surface area contributed by atoms with Crippen LogP contribution < -0.4 is 0 Å². The Morgan fingerprint density at radius 3 is 2.58 bits per heavy atom. The Balaban J connectivity index is 3.47. The van der Waals surface area contributed by atoms with E-state index in [-0.39, 0.29) is 5.91 Å². The molecule has 0 aromatic rings. The van der Waals surface area contributed by atoms with Crippen LogP contribution in [0.15, 0.2) is 0 Å². The first kappa shape index (κ1) is 11.9. The maximum absolute atomic E-state index is 11.3. The van der Waals surface area contributed by atoms with E-state index in [0.717, 1.165) is 31.1 Å². The van der Waals surface area contributed by atoms with Crippen molar-refractivity contribution < 1.29 is 4.79 Å². The van der Waals surface area contributed by atoms with Crippen LogP contribution in [0.1, 0.15) is 32.6 Å². The molecule has 0 saturated carbocycles. The monoisotopic (exact) mass is 235 g/mol. The van der Waals surface area contributed by atoms with E-state index < -0.39 is 0 Å². The SMILES string of the molecule is CCCCC(=O)N(C)CCCBr. The van der Waals surface area contributed by atoms with E-state index in [4.69, 9.17) is 0 Å². The number of nitrogens with zero attached hydrogens (tertiary/aromatic N) is 1. The molecule has 0 radical (unpaired) electrons. The molecule has 2 nitrogen and oxygen atoms in total. The molecule has 0 aromatic heterocycles. The standard InChI is InChI=1S/C9H18BrNO/c1-3-4-6-9(12)11(2)8-5-7-10/h3-8H2,1-2H3. The van der Waals surface area contributed by atoms with E-state index in [1.54, 1.807) is 0 Å². The number of carbonyl (C=O) groups is 1. The average Bonchev–Trinajstić information content (AvgIpc) is 2.10. The Morgan fingerprint density at radius 2 is 2.08 bits per heavy atom. The van der Waals surface area contributed by atoms with Gasteiger partial charge in [0.25, 0.3) is 0 Å². The van der Waals surface area contributed by atoms with Gasteiger partial charge in [-0.25, -0.2) is 0 Å². The number of amides is 1. The van der Waals surface area contributed by atoms with Crippen LogP contribution in [0.5, 0.6) is 0 Å². The van der Waals surface area contributed by atoms with Gasteiger partial charge in [0.2, 0.25) is 5.91 Å². The minimum atomic E-state index is 0.276. The zero-order chi connectivity index (χ0) is 9.40. The Bertz CT molecular complexity index is 128. The molecule has 0 saturated heterocycles. The lowest BCUT2D eigenvalue weighted by atomic mass is 10.2. The first-order valence-electron chi connectivity index (χ1n) is 4.52. The summed E-state index contributed by atoms with van der Waals surface area (Å²) in [5, 5.41) is 0.971. The summed E-state index contributed by atoms with van der Waals surface area (Å²) in [5.74, 6) is 0.276. The van der Waals surface area contributed by atoms with Crippen molar-refractivity contribution in [2.45, 2.75) is 32.6 Å². The zero-order valence-electron chi connectivity index (χ0n) is 7.98. The summed E-state index contributed by atoms with van der Waals surface area (Å²) >= 11 is 3.34. The second kappa shape index (κ2) is 7.59. The zero-order valence-corrected chi connectivity index (χ0v) is 9.56. The lowest BCUT2D eigenvalue weighted by Crippen LogP contribution is -2.27. The summed E-state index contributed by atoms with van der Waals surface area (Å²) in [6, 6.07) is 0. The van der Waals surface area contributed by atoms with Crippen LogP contribution >= 0.6 is 15.9 Å². The summed E-state index contributed by atoms with van der Waals surface area (Å²) in [6.45, 7) is 2.97. The van der Waals surface area contributed by atoms with Gasteiger partial charge in [0.1, 0.15) is 0 Å². The molecule has 0 rings (SSSR count). The molecular weight excluding hydrogens is 218 g/mol. The highest BCUT2D eigenvalue weighted by Gasteiger charge is 2.05. The van der Waals surface area contributed by atoms with Crippen LogP contribution in [0.25, 0.3) is 0 Å². The van der Waals surface area contributed by atoms with Crippen molar-refractivity contribution in [3.63, 3.8) is 0 Å². The molecule has 72 valence electrons. The van der Waals surface area contributed by atoms with Gasteiger partial charge in [-0.15, -0.1) is 0 Å².